The van der Waals surface area contributed by atoms with Crippen molar-refractivity contribution in [3.8, 4) is 0 Å². The molecule has 0 heterocycles. The van der Waals surface area contributed by atoms with E-state index in [4.69, 9.17) is 5.11 Å². The average molecular weight is 336 g/mol. The zero-order valence-electron chi connectivity index (χ0n) is 14.9. The fourth-order valence-corrected chi connectivity index (χ4v) is 3.47. The number of carboxylic acid groups (broad SMARTS) is 2. The van der Waals surface area contributed by atoms with Crippen LogP contribution in [0, 0.1) is 13.8 Å². The van der Waals surface area contributed by atoms with Gasteiger partial charge in [-0.05, 0) is 55.2 Å². The summed E-state index contributed by atoms with van der Waals surface area (Å²) in [6.07, 6.45) is 1.10. The van der Waals surface area contributed by atoms with Gasteiger partial charge in [-0.1, -0.05) is 31.5 Å². The second-order valence-electron chi connectivity index (χ2n) is 7.08. The molecular formula is C19H28O5. The molecule has 0 spiro atoms. The van der Waals surface area contributed by atoms with Crippen molar-refractivity contribution in [3.05, 3.63) is 34.4 Å². The molecule has 5 nitrogen and oxygen atoms in total. The Bertz CT molecular complexity index is 604. The zero-order chi connectivity index (χ0) is 18.5. The van der Waals surface area contributed by atoms with Crippen molar-refractivity contribution in [2.45, 2.75) is 64.7 Å². The molecule has 1 aromatic carbocycles. The van der Waals surface area contributed by atoms with Crippen molar-refractivity contribution in [2.24, 2.45) is 0 Å². The summed E-state index contributed by atoms with van der Waals surface area (Å²) in [7, 11) is 0. The predicted octanol–water partition coefficient (Wildman–Crippen LogP) is 3.39. The Labute approximate surface area is 143 Å². The van der Waals surface area contributed by atoms with Crippen LogP contribution in [0.3, 0.4) is 0 Å². The lowest BCUT2D eigenvalue weighted by molar-refractivity contribution is -0.140. The topological polar surface area (TPSA) is 94.8 Å². The first-order valence-electron chi connectivity index (χ1n) is 8.27. The van der Waals surface area contributed by atoms with Gasteiger partial charge in [-0.3, -0.25) is 9.59 Å². The molecule has 0 saturated heterocycles. The molecule has 0 aliphatic rings. The first kappa shape index (κ1) is 20.2. The third kappa shape index (κ3) is 5.06. The van der Waals surface area contributed by atoms with E-state index in [2.05, 4.69) is 0 Å². The number of carboxylic acids is 2. The van der Waals surface area contributed by atoms with Gasteiger partial charge in [-0.15, -0.1) is 0 Å². The number of carbonyl (C=O) groups is 2. The Hall–Kier alpha value is -1.88. The molecule has 0 amide bonds. The maximum absolute atomic E-state index is 11.8. The van der Waals surface area contributed by atoms with Gasteiger partial charge in [0, 0.05) is 13.0 Å². The van der Waals surface area contributed by atoms with Crippen LogP contribution in [0.25, 0.3) is 0 Å². The van der Waals surface area contributed by atoms with E-state index < -0.39 is 17.9 Å². The highest BCUT2D eigenvalue weighted by atomic mass is 16.4. The van der Waals surface area contributed by atoms with E-state index >= 15 is 0 Å². The van der Waals surface area contributed by atoms with E-state index in [9.17, 15) is 19.8 Å². The lowest BCUT2D eigenvalue weighted by Gasteiger charge is -2.31. The summed E-state index contributed by atoms with van der Waals surface area (Å²) in [5.41, 5.74) is 3.32. The first-order valence-corrected chi connectivity index (χ1v) is 8.27. The van der Waals surface area contributed by atoms with Crippen LogP contribution in [-0.4, -0.2) is 33.9 Å². The molecule has 0 aromatic heterocycles. The molecule has 134 valence electrons. The fraction of sp³-hybridized carbons (Fsp3) is 0.579. The summed E-state index contributed by atoms with van der Waals surface area (Å²) in [4.78, 5) is 22.6. The normalized spacial score (nSPS) is 12.9. The highest BCUT2D eigenvalue weighted by Gasteiger charge is 2.31. The number of aliphatic hydroxyl groups is 1. The second kappa shape index (κ2) is 8.29. The molecule has 0 saturated carbocycles. The molecule has 5 heteroatoms. The van der Waals surface area contributed by atoms with Gasteiger partial charge in [0.25, 0.3) is 0 Å². The number of hydrogen-bond acceptors (Lipinski definition) is 3. The van der Waals surface area contributed by atoms with Crippen LogP contribution >= 0.6 is 0 Å². The van der Waals surface area contributed by atoms with Crippen LogP contribution in [0.2, 0.25) is 0 Å². The highest BCUT2D eigenvalue weighted by Crippen LogP contribution is 2.38. The molecule has 1 aromatic rings. The summed E-state index contributed by atoms with van der Waals surface area (Å²) in [5.74, 6) is -2.59. The van der Waals surface area contributed by atoms with Gasteiger partial charge in [0.15, 0.2) is 0 Å². The molecular weight excluding hydrogens is 308 g/mol. The maximum atomic E-state index is 11.8. The fourth-order valence-electron chi connectivity index (χ4n) is 3.47. The second-order valence-corrected chi connectivity index (χ2v) is 7.08. The Balaban J connectivity index is 3.36. The van der Waals surface area contributed by atoms with E-state index in [0.29, 0.717) is 12.8 Å². The van der Waals surface area contributed by atoms with Gasteiger partial charge in [0.1, 0.15) is 0 Å². The molecule has 24 heavy (non-hydrogen) atoms. The van der Waals surface area contributed by atoms with E-state index in [1.54, 1.807) is 0 Å². The summed E-state index contributed by atoms with van der Waals surface area (Å²) in [5, 5.41) is 27.9. The Kier molecular flexibility index (Phi) is 6.96. The summed E-state index contributed by atoms with van der Waals surface area (Å²) < 4.78 is 0. The number of aliphatic hydroxyl groups excluding tert-OH is 1. The Morgan fingerprint density at radius 2 is 1.79 bits per heavy atom. The van der Waals surface area contributed by atoms with Crippen LogP contribution in [-0.2, 0) is 15.0 Å². The van der Waals surface area contributed by atoms with Crippen molar-refractivity contribution in [2.75, 3.05) is 6.61 Å². The minimum absolute atomic E-state index is 0.0243. The monoisotopic (exact) mass is 336 g/mol. The quantitative estimate of drug-likeness (QED) is 0.642. The molecule has 0 bridgehead atoms. The molecule has 0 aliphatic heterocycles. The van der Waals surface area contributed by atoms with Crippen molar-refractivity contribution >= 4 is 11.9 Å². The van der Waals surface area contributed by atoms with E-state index in [1.807, 2.05) is 39.8 Å². The number of rotatable bonds is 9. The van der Waals surface area contributed by atoms with Gasteiger partial charge in [-0.25, -0.2) is 0 Å². The lowest BCUT2D eigenvalue weighted by atomic mass is 9.73. The predicted molar refractivity (Wildman–Crippen MR) is 92.5 cm³/mol. The molecule has 1 unspecified atom stereocenters. The first-order chi connectivity index (χ1) is 11.1. The summed E-state index contributed by atoms with van der Waals surface area (Å²) in [6, 6.07) is 3.91. The zero-order valence-corrected chi connectivity index (χ0v) is 14.9. The van der Waals surface area contributed by atoms with Crippen LogP contribution in [0.15, 0.2) is 12.1 Å². The van der Waals surface area contributed by atoms with E-state index in [-0.39, 0.29) is 24.9 Å². The van der Waals surface area contributed by atoms with Crippen LogP contribution < -0.4 is 0 Å². The minimum atomic E-state index is -0.938. The molecule has 0 aliphatic carbocycles. The minimum Gasteiger partial charge on any atom is -0.481 e. The maximum Gasteiger partial charge on any atom is 0.310 e. The van der Waals surface area contributed by atoms with E-state index in [1.165, 1.54) is 0 Å². The third-order valence-corrected chi connectivity index (χ3v) is 4.48. The van der Waals surface area contributed by atoms with Gasteiger partial charge in [0.2, 0.25) is 0 Å². The van der Waals surface area contributed by atoms with Gasteiger partial charge < -0.3 is 15.3 Å². The molecule has 0 radical (unpaired) electrons. The Morgan fingerprint density at radius 3 is 2.29 bits per heavy atom. The van der Waals surface area contributed by atoms with E-state index in [0.717, 1.165) is 22.3 Å². The number of aryl methyl sites for hydroxylation is 2. The molecule has 0 fully saturated rings. The smallest absolute Gasteiger partial charge is 0.310 e. The molecule has 1 rings (SSSR count). The van der Waals surface area contributed by atoms with Crippen LogP contribution in [0.5, 0.6) is 0 Å². The van der Waals surface area contributed by atoms with Crippen molar-refractivity contribution in [1.29, 1.82) is 0 Å². The van der Waals surface area contributed by atoms with Crippen molar-refractivity contribution in [3.63, 3.8) is 0 Å². The summed E-state index contributed by atoms with van der Waals surface area (Å²) in [6.45, 7) is 7.91. The number of hydrogen-bond donors (Lipinski definition) is 3. The van der Waals surface area contributed by atoms with Gasteiger partial charge >= 0.3 is 11.9 Å². The van der Waals surface area contributed by atoms with Gasteiger partial charge in [-0.2, -0.15) is 0 Å². The van der Waals surface area contributed by atoms with Gasteiger partial charge in [0.05, 0.1) is 5.92 Å². The van der Waals surface area contributed by atoms with Crippen LogP contribution in [0.4, 0.5) is 0 Å². The highest BCUT2D eigenvalue weighted by molar-refractivity contribution is 5.77. The molecule has 3 N–H and O–H groups in total. The van der Waals surface area contributed by atoms with Crippen molar-refractivity contribution in [1.82, 2.24) is 0 Å². The molecule has 1 atom stereocenters. The van der Waals surface area contributed by atoms with Crippen LogP contribution in [0.1, 0.15) is 67.7 Å². The SMILES string of the molecule is Cc1cc(C)c(C(C)(C)CCO)c(C(CCCC(=O)O)C(=O)O)c1. The Morgan fingerprint density at radius 1 is 1.17 bits per heavy atom. The average Bonchev–Trinajstić information content (AvgIpc) is 2.41. The largest absolute Gasteiger partial charge is 0.481 e. The standard InChI is InChI=1S/C19H28O5/c1-12-10-13(2)17(19(3,4)8-9-20)15(11-12)14(18(23)24)6-5-7-16(21)22/h10-11,14,20H,5-9H2,1-4H3,(H,21,22)(H,23,24). The number of benzene rings is 1. The summed E-state index contributed by atoms with van der Waals surface area (Å²) >= 11 is 0. The third-order valence-electron chi connectivity index (χ3n) is 4.48. The number of aliphatic carboxylic acids is 2. The van der Waals surface area contributed by atoms with Crippen molar-refractivity contribution < 1.29 is 24.9 Å². The lowest BCUT2D eigenvalue weighted by Crippen LogP contribution is -2.25.